The molecule has 1 N–H and O–H groups in total. The molecule has 0 saturated carbocycles. The smallest absolute Gasteiger partial charge is 0.278 e. The molecule has 0 bridgehead atoms. The molecule has 17 heavy (non-hydrogen) atoms. The summed E-state index contributed by atoms with van der Waals surface area (Å²) in [4.78, 5) is 14.8. The molecule has 1 aromatic rings. The fourth-order valence-electron chi connectivity index (χ4n) is 1.47. The van der Waals surface area contributed by atoms with Gasteiger partial charge >= 0.3 is 0 Å². The molecule has 0 saturated heterocycles. The number of aromatic nitrogens is 1. The van der Waals surface area contributed by atoms with Gasteiger partial charge in [-0.1, -0.05) is 6.92 Å². The molecule has 0 aromatic carbocycles. The van der Waals surface area contributed by atoms with Gasteiger partial charge in [-0.25, -0.2) is 0 Å². The van der Waals surface area contributed by atoms with Gasteiger partial charge < -0.3 is 5.11 Å². The molecule has 0 radical (unpaired) electrons. The Balaban J connectivity index is 2.95. The maximum Gasteiger partial charge on any atom is 0.278 e. The second-order valence-corrected chi connectivity index (χ2v) is 5.35. The lowest BCUT2D eigenvalue weighted by Crippen LogP contribution is -2.05. The van der Waals surface area contributed by atoms with Crippen LogP contribution in [-0.4, -0.2) is 26.9 Å². The number of rotatable bonds is 5. The van der Waals surface area contributed by atoms with Crippen molar-refractivity contribution in [2.45, 2.75) is 31.8 Å². The number of nitrogens with zero attached hydrogens (tertiary/aromatic N) is 2. The lowest BCUT2D eigenvalue weighted by Gasteiger charge is -2.10. The molecule has 6 heteroatoms. The predicted molar refractivity (Wildman–Crippen MR) is 68.2 cm³/mol. The van der Waals surface area contributed by atoms with E-state index in [0.29, 0.717) is 22.6 Å². The van der Waals surface area contributed by atoms with Gasteiger partial charge in [0.05, 0.1) is 17.2 Å². The minimum absolute atomic E-state index is 0.0949. The lowest BCUT2D eigenvalue weighted by atomic mass is 10.1. The van der Waals surface area contributed by atoms with Crippen LogP contribution in [0.1, 0.15) is 23.7 Å². The summed E-state index contributed by atoms with van der Waals surface area (Å²) in [6.45, 7) is 5.41. The van der Waals surface area contributed by atoms with Crippen molar-refractivity contribution >= 4 is 17.4 Å². The van der Waals surface area contributed by atoms with Crippen molar-refractivity contribution in [3.05, 3.63) is 33.1 Å². The van der Waals surface area contributed by atoms with E-state index < -0.39 is 0 Å². The molecule has 0 fully saturated rings. The lowest BCUT2D eigenvalue weighted by molar-refractivity contribution is -0.386. The molecule has 1 atom stereocenters. The molecule has 1 heterocycles. The summed E-state index contributed by atoms with van der Waals surface area (Å²) in [6, 6.07) is 0. The van der Waals surface area contributed by atoms with Gasteiger partial charge in [0.2, 0.25) is 0 Å². The van der Waals surface area contributed by atoms with Crippen molar-refractivity contribution in [1.29, 1.82) is 0 Å². The number of pyridine rings is 1. The second-order valence-electron chi connectivity index (χ2n) is 3.92. The zero-order chi connectivity index (χ0) is 13.0. The highest BCUT2D eigenvalue weighted by Crippen LogP contribution is 2.27. The van der Waals surface area contributed by atoms with E-state index in [1.165, 1.54) is 18.0 Å². The maximum atomic E-state index is 10.9. The highest BCUT2D eigenvalue weighted by molar-refractivity contribution is 7.99. The van der Waals surface area contributed by atoms with Crippen LogP contribution in [0.2, 0.25) is 0 Å². The summed E-state index contributed by atoms with van der Waals surface area (Å²) in [7, 11) is 0. The van der Waals surface area contributed by atoms with E-state index in [4.69, 9.17) is 5.11 Å². The van der Waals surface area contributed by atoms with Crippen molar-refractivity contribution < 1.29 is 10.0 Å². The minimum atomic E-state index is -0.365. The monoisotopic (exact) mass is 256 g/mol. The largest absolute Gasteiger partial charge is 0.395 e. The van der Waals surface area contributed by atoms with Crippen LogP contribution in [0.15, 0.2) is 6.20 Å². The van der Waals surface area contributed by atoms with E-state index in [0.717, 1.165) is 0 Å². The van der Waals surface area contributed by atoms with Gasteiger partial charge in [-0.05, 0) is 13.8 Å². The Kier molecular flexibility index (Phi) is 4.89. The number of aliphatic hydroxyl groups is 1. The van der Waals surface area contributed by atoms with Crippen LogP contribution in [0, 0.1) is 24.0 Å². The third-order valence-corrected chi connectivity index (χ3v) is 3.68. The van der Waals surface area contributed by atoms with Crippen LogP contribution in [-0.2, 0) is 5.75 Å². The van der Waals surface area contributed by atoms with Crippen LogP contribution >= 0.6 is 11.8 Å². The maximum absolute atomic E-state index is 10.9. The van der Waals surface area contributed by atoms with E-state index in [-0.39, 0.29) is 22.5 Å². The van der Waals surface area contributed by atoms with Crippen LogP contribution in [0.4, 0.5) is 5.69 Å². The third-order valence-electron chi connectivity index (χ3n) is 2.52. The second kappa shape index (κ2) is 5.97. The Labute approximate surface area is 104 Å². The topological polar surface area (TPSA) is 76.3 Å². The number of nitro groups is 1. The van der Waals surface area contributed by atoms with Crippen molar-refractivity contribution in [2.75, 3.05) is 6.61 Å². The van der Waals surface area contributed by atoms with E-state index in [1.807, 2.05) is 6.92 Å². The third kappa shape index (κ3) is 3.41. The van der Waals surface area contributed by atoms with Gasteiger partial charge in [0.25, 0.3) is 5.69 Å². The zero-order valence-electron chi connectivity index (χ0n) is 10.1. The van der Waals surface area contributed by atoms with Crippen LogP contribution in [0.25, 0.3) is 0 Å². The highest BCUT2D eigenvalue weighted by atomic mass is 32.2. The molecule has 0 aliphatic carbocycles. The fraction of sp³-hybridized carbons (Fsp3) is 0.545. The molecule has 1 aromatic heterocycles. The predicted octanol–water partition coefficient (Wildman–Crippen LogP) is 2.22. The van der Waals surface area contributed by atoms with Crippen LogP contribution < -0.4 is 0 Å². The average Bonchev–Trinajstić information content (AvgIpc) is 2.27. The molecule has 0 aliphatic rings. The molecule has 0 spiro atoms. The van der Waals surface area contributed by atoms with Crippen molar-refractivity contribution in [1.82, 2.24) is 4.98 Å². The average molecular weight is 256 g/mol. The Morgan fingerprint density at radius 2 is 2.24 bits per heavy atom. The molecular formula is C11H16N2O3S. The van der Waals surface area contributed by atoms with Crippen molar-refractivity contribution in [2.24, 2.45) is 0 Å². The van der Waals surface area contributed by atoms with E-state index in [2.05, 4.69) is 4.98 Å². The summed E-state index contributed by atoms with van der Waals surface area (Å²) in [5.74, 6) is 0.578. The van der Waals surface area contributed by atoms with Gasteiger partial charge in [0, 0.05) is 28.3 Å². The number of aliphatic hydroxyl groups excluding tert-OH is 1. The first kappa shape index (κ1) is 13.9. The Hall–Kier alpha value is -1.14. The van der Waals surface area contributed by atoms with Gasteiger partial charge in [-0.2, -0.15) is 11.8 Å². The summed E-state index contributed by atoms with van der Waals surface area (Å²) in [5.41, 5.74) is 2.06. The first-order valence-corrected chi connectivity index (χ1v) is 6.34. The molecule has 0 aliphatic heterocycles. The summed E-state index contributed by atoms with van der Waals surface area (Å²) < 4.78 is 0. The SMILES string of the molecule is Cc1cnc(CSC(C)CO)c(C)c1[N+](=O)[O-]. The first-order valence-electron chi connectivity index (χ1n) is 5.29. The van der Waals surface area contributed by atoms with Crippen LogP contribution in [0.5, 0.6) is 0 Å². The van der Waals surface area contributed by atoms with E-state index in [9.17, 15) is 10.1 Å². The number of thioether (sulfide) groups is 1. The van der Waals surface area contributed by atoms with Gasteiger partial charge in [-0.3, -0.25) is 15.1 Å². The van der Waals surface area contributed by atoms with Crippen molar-refractivity contribution in [3.8, 4) is 0 Å². The highest BCUT2D eigenvalue weighted by Gasteiger charge is 2.18. The molecule has 1 rings (SSSR count). The van der Waals surface area contributed by atoms with E-state index in [1.54, 1.807) is 13.8 Å². The molecule has 1 unspecified atom stereocenters. The quantitative estimate of drug-likeness (QED) is 0.645. The summed E-state index contributed by atoms with van der Waals surface area (Å²) in [6.07, 6.45) is 1.53. The first-order chi connectivity index (χ1) is 7.97. The zero-order valence-corrected chi connectivity index (χ0v) is 11.0. The fourth-order valence-corrected chi connectivity index (χ4v) is 2.30. The Morgan fingerprint density at radius 1 is 1.59 bits per heavy atom. The van der Waals surface area contributed by atoms with E-state index >= 15 is 0 Å². The number of aryl methyl sites for hydroxylation is 1. The molecular weight excluding hydrogens is 240 g/mol. The molecule has 94 valence electrons. The van der Waals surface area contributed by atoms with Crippen LogP contribution in [0.3, 0.4) is 0 Å². The number of hydrogen-bond donors (Lipinski definition) is 1. The van der Waals surface area contributed by atoms with Gasteiger partial charge in [-0.15, -0.1) is 0 Å². The van der Waals surface area contributed by atoms with Crippen molar-refractivity contribution in [3.63, 3.8) is 0 Å². The molecule has 0 amide bonds. The summed E-state index contributed by atoms with van der Waals surface area (Å²) in [5, 5.41) is 19.9. The Bertz CT molecular complexity index is 423. The van der Waals surface area contributed by atoms with Gasteiger partial charge in [0.15, 0.2) is 0 Å². The summed E-state index contributed by atoms with van der Waals surface area (Å²) >= 11 is 1.53. The normalized spacial score (nSPS) is 12.5. The minimum Gasteiger partial charge on any atom is -0.395 e. The standard InChI is InChI=1S/C11H16N2O3S/c1-7-4-12-10(6-17-8(2)5-14)9(3)11(7)13(15)16/h4,8,14H,5-6H2,1-3H3. The Morgan fingerprint density at radius 3 is 2.76 bits per heavy atom. The van der Waals surface area contributed by atoms with Gasteiger partial charge in [0.1, 0.15) is 0 Å². The molecule has 5 nitrogen and oxygen atoms in total. The number of hydrogen-bond acceptors (Lipinski definition) is 5.